The summed E-state index contributed by atoms with van der Waals surface area (Å²) in [7, 11) is 0. The van der Waals surface area contributed by atoms with Gasteiger partial charge in [-0.05, 0) is 49.3 Å². The molecule has 2 N–H and O–H groups in total. The third-order valence-corrected chi connectivity index (χ3v) is 6.65. The summed E-state index contributed by atoms with van der Waals surface area (Å²) in [5.74, 6) is 3.15. The predicted octanol–water partition coefficient (Wildman–Crippen LogP) is 4.04. The summed E-state index contributed by atoms with van der Waals surface area (Å²) in [6.45, 7) is 4.11. The van der Waals surface area contributed by atoms with Crippen molar-refractivity contribution in [3.8, 4) is 28.5 Å². The predicted molar refractivity (Wildman–Crippen MR) is 122 cm³/mol. The summed E-state index contributed by atoms with van der Waals surface area (Å²) in [6, 6.07) is 6.08. The maximum atomic E-state index is 11.3. The molecular formula is C24H30N4O5. The Bertz CT molecular complexity index is 1010. The van der Waals surface area contributed by atoms with Crippen LogP contribution in [0.4, 0.5) is 10.7 Å². The van der Waals surface area contributed by atoms with E-state index in [0.29, 0.717) is 62.1 Å². The zero-order valence-electron chi connectivity index (χ0n) is 18.8. The minimum Gasteiger partial charge on any atom is -0.486 e. The minimum absolute atomic E-state index is 0.254. The number of hydrogen-bond acceptors (Lipinski definition) is 7. The van der Waals surface area contributed by atoms with Crippen molar-refractivity contribution >= 4 is 12.0 Å². The van der Waals surface area contributed by atoms with Crippen LogP contribution in [0.25, 0.3) is 11.1 Å². The minimum atomic E-state index is -0.926. The number of fused-ring (bicyclic) bond motifs is 1. The molecule has 1 saturated heterocycles. The fourth-order valence-corrected chi connectivity index (χ4v) is 4.68. The lowest BCUT2D eigenvalue weighted by atomic mass is 9.87. The third-order valence-electron chi connectivity index (χ3n) is 6.65. The van der Waals surface area contributed by atoms with Crippen LogP contribution in [0.2, 0.25) is 0 Å². The van der Waals surface area contributed by atoms with Crippen LogP contribution in [0, 0.1) is 5.92 Å². The van der Waals surface area contributed by atoms with E-state index in [4.69, 9.17) is 19.2 Å². The summed E-state index contributed by atoms with van der Waals surface area (Å²) < 4.78 is 17.6. The van der Waals surface area contributed by atoms with Crippen molar-refractivity contribution in [2.45, 2.75) is 51.2 Å². The van der Waals surface area contributed by atoms with Gasteiger partial charge in [-0.15, -0.1) is 0 Å². The Morgan fingerprint density at radius 2 is 1.94 bits per heavy atom. The molecule has 1 amide bonds. The topological polar surface area (TPSA) is 106 Å². The van der Waals surface area contributed by atoms with Crippen LogP contribution in [0.1, 0.15) is 39.0 Å². The van der Waals surface area contributed by atoms with Gasteiger partial charge in [0.15, 0.2) is 11.5 Å². The fraction of sp³-hybridized carbons (Fsp3) is 0.542. The number of aromatic nitrogens is 2. The lowest BCUT2D eigenvalue weighted by molar-refractivity contribution is 0.144. The second-order valence-corrected chi connectivity index (χ2v) is 9.13. The molecule has 1 unspecified atom stereocenters. The third kappa shape index (κ3) is 4.91. The van der Waals surface area contributed by atoms with Gasteiger partial charge in [-0.1, -0.05) is 13.0 Å². The van der Waals surface area contributed by atoms with Gasteiger partial charge in [0.1, 0.15) is 19.3 Å². The smallest absolute Gasteiger partial charge is 0.407 e. The standard InChI is InChI=1S/C24H30N4O5/c1-15-2-5-17(6-3-15)26-23-25-13-19(16-4-7-20-21(12-16)32-11-10-31-20)22(27-23)33-18-8-9-28(14-18)24(29)30/h4,7,12-13,15,17-18H,2-3,5-6,8-11,14H2,1H3,(H,29,30)(H,25,26,27). The molecule has 0 bridgehead atoms. The average molecular weight is 455 g/mol. The number of nitrogens with one attached hydrogen (secondary N) is 1. The number of ether oxygens (including phenoxy) is 3. The molecule has 2 aromatic rings. The molecule has 1 aromatic heterocycles. The van der Waals surface area contributed by atoms with Crippen molar-refractivity contribution in [1.29, 1.82) is 0 Å². The van der Waals surface area contributed by atoms with Crippen LogP contribution in [0.5, 0.6) is 17.4 Å². The maximum absolute atomic E-state index is 11.3. The fourth-order valence-electron chi connectivity index (χ4n) is 4.68. The normalized spacial score (nSPS) is 24.4. The number of rotatable bonds is 5. The number of benzene rings is 1. The van der Waals surface area contributed by atoms with Gasteiger partial charge < -0.3 is 29.5 Å². The number of nitrogens with zero attached hydrogens (tertiary/aromatic N) is 3. The highest BCUT2D eigenvalue weighted by atomic mass is 16.6. The second kappa shape index (κ2) is 9.33. The first kappa shape index (κ1) is 21.6. The molecule has 9 nitrogen and oxygen atoms in total. The molecule has 1 atom stereocenters. The van der Waals surface area contributed by atoms with Gasteiger partial charge in [0.2, 0.25) is 11.8 Å². The van der Waals surface area contributed by atoms with E-state index in [1.165, 1.54) is 17.7 Å². The molecule has 2 fully saturated rings. The molecule has 1 saturated carbocycles. The van der Waals surface area contributed by atoms with Crippen molar-refractivity contribution in [3.05, 3.63) is 24.4 Å². The van der Waals surface area contributed by atoms with Gasteiger partial charge in [0.05, 0.1) is 12.1 Å². The largest absolute Gasteiger partial charge is 0.486 e. The van der Waals surface area contributed by atoms with Gasteiger partial charge in [0.25, 0.3) is 0 Å². The molecule has 176 valence electrons. The Morgan fingerprint density at radius 1 is 1.15 bits per heavy atom. The quantitative estimate of drug-likeness (QED) is 0.697. The van der Waals surface area contributed by atoms with Crippen LogP contribution in [0.3, 0.4) is 0 Å². The maximum Gasteiger partial charge on any atom is 0.407 e. The van der Waals surface area contributed by atoms with Gasteiger partial charge in [0, 0.05) is 25.2 Å². The Hall–Kier alpha value is -3.23. The molecule has 1 aromatic carbocycles. The Kier molecular flexibility index (Phi) is 6.11. The number of likely N-dealkylation sites (tertiary alicyclic amines) is 1. The Balaban J connectivity index is 1.41. The summed E-state index contributed by atoms with van der Waals surface area (Å²) in [5, 5.41) is 12.8. The Labute approximate surface area is 193 Å². The van der Waals surface area contributed by atoms with E-state index in [1.54, 1.807) is 6.20 Å². The first-order chi connectivity index (χ1) is 16.0. The van der Waals surface area contributed by atoms with Crippen LogP contribution in [-0.4, -0.2) is 64.5 Å². The van der Waals surface area contributed by atoms with Crippen LogP contribution >= 0.6 is 0 Å². The van der Waals surface area contributed by atoms with Gasteiger partial charge >= 0.3 is 6.09 Å². The molecule has 1 aliphatic carbocycles. The van der Waals surface area contributed by atoms with E-state index in [0.717, 1.165) is 29.9 Å². The van der Waals surface area contributed by atoms with E-state index in [9.17, 15) is 9.90 Å². The van der Waals surface area contributed by atoms with Crippen molar-refractivity contribution in [2.24, 2.45) is 5.92 Å². The molecule has 0 radical (unpaired) electrons. The van der Waals surface area contributed by atoms with Crippen LogP contribution < -0.4 is 19.5 Å². The summed E-state index contributed by atoms with van der Waals surface area (Å²) in [4.78, 5) is 22.0. The molecule has 5 rings (SSSR count). The summed E-state index contributed by atoms with van der Waals surface area (Å²) in [5.41, 5.74) is 1.60. The molecule has 2 aliphatic heterocycles. The monoisotopic (exact) mass is 454 g/mol. The van der Waals surface area contributed by atoms with Crippen LogP contribution in [0.15, 0.2) is 24.4 Å². The highest BCUT2D eigenvalue weighted by Crippen LogP contribution is 2.38. The van der Waals surface area contributed by atoms with Gasteiger partial charge in [-0.2, -0.15) is 4.98 Å². The van der Waals surface area contributed by atoms with E-state index < -0.39 is 6.09 Å². The van der Waals surface area contributed by atoms with Crippen molar-refractivity contribution in [2.75, 3.05) is 31.6 Å². The zero-order chi connectivity index (χ0) is 22.8. The second-order valence-electron chi connectivity index (χ2n) is 9.13. The number of amides is 1. The first-order valence-corrected chi connectivity index (χ1v) is 11.7. The molecular weight excluding hydrogens is 424 g/mol. The van der Waals surface area contributed by atoms with Gasteiger partial charge in [-0.3, -0.25) is 0 Å². The SMILES string of the molecule is CC1CCC(Nc2ncc(-c3ccc4c(c3)OCCO4)c(OC3CCN(C(=O)O)C3)n2)CC1. The van der Waals surface area contributed by atoms with Gasteiger partial charge in [-0.25, -0.2) is 9.78 Å². The summed E-state index contributed by atoms with van der Waals surface area (Å²) >= 11 is 0. The van der Waals surface area contributed by atoms with E-state index in [1.807, 2.05) is 18.2 Å². The van der Waals surface area contributed by atoms with E-state index in [-0.39, 0.29) is 6.10 Å². The van der Waals surface area contributed by atoms with Crippen molar-refractivity contribution in [3.63, 3.8) is 0 Å². The van der Waals surface area contributed by atoms with E-state index >= 15 is 0 Å². The highest BCUT2D eigenvalue weighted by Gasteiger charge is 2.29. The number of hydrogen-bond donors (Lipinski definition) is 2. The molecule has 33 heavy (non-hydrogen) atoms. The van der Waals surface area contributed by atoms with Crippen molar-refractivity contribution < 1.29 is 24.1 Å². The highest BCUT2D eigenvalue weighted by molar-refractivity contribution is 5.71. The molecule has 9 heteroatoms. The lowest BCUT2D eigenvalue weighted by Gasteiger charge is -2.27. The van der Waals surface area contributed by atoms with E-state index in [2.05, 4.69) is 17.2 Å². The number of anilines is 1. The number of carbonyl (C=O) groups is 1. The van der Waals surface area contributed by atoms with Crippen molar-refractivity contribution in [1.82, 2.24) is 14.9 Å². The summed E-state index contributed by atoms with van der Waals surface area (Å²) in [6.07, 6.45) is 5.81. The molecule has 3 heterocycles. The molecule has 3 aliphatic rings. The average Bonchev–Trinajstić information content (AvgIpc) is 3.29. The lowest BCUT2D eigenvalue weighted by Crippen LogP contribution is -2.29. The Morgan fingerprint density at radius 3 is 2.70 bits per heavy atom. The number of carboxylic acid groups (broad SMARTS) is 1. The first-order valence-electron chi connectivity index (χ1n) is 11.7. The zero-order valence-corrected chi connectivity index (χ0v) is 18.8. The molecule has 0 spiro atoms. The van der Waals surface area contributed by atoms with Crippen LogP contribution in [-0.2, 0) is 0 Å².